The van der Waals surface area contributed by atoms with Gasteiger partial charge in [-0.1, -0.05) is 342 Å². The molecule has 0 saturated carbocycles. The van der Waals surface area contributed by atoms with Crippen LogP contribution in [0.3, 0.4) is 0 Å². The van der Waals surface area contributed by atoms with Gasteiger partial charge in [-0.15, -0.1) is 0 Å². The summed E-state index contributed by atoms with van der Waals surface area (Å²) in [5.41, 5.74) is 27.7. The molecule has 0 N–H and O–H groups in total. The van der Waals surface area contributed by atoms with E-state index in [1.807, 2.05) is 0 Å². The Morgan fingerprint density at radius 3 is 1.01 bits per heavy atom. The van der Waals surface area contributed by atoms with E-state index >= 15 is 0 Å². The van der Waals surface area contributed by atoms with E-state index in [4.69, 9.17) is 4.98 Å². The molecule has 0 saturated heterocycles. The van der Waals surface area contributed by atoms with Crippen LogP contribution >= 0.6 is 0 Å². The van der Waals surface area contributed by atoms with Crippen molar-refractivity contribution in [2.75, 3.05) is 9.80 Å². The number of pyridine rings is 1. The number of hydrogen-bond donors (Lipinski definition) is 0. The third-order valence-corrected chi connectivity index (χ3v) is 25.4. The highest BCUT2D eigenvalue weighted by molar-refractivity contribution is 7.00. The summed E-state index contributed by atoms with van der Waals surface area (Å²) in [7, 11) is 0. The van der Waals surface area contributed by atoms with Crippen LogP contribution in [0.15, 0.2) is 279 Å². The second kappa shape index (κ2) is 28.5. The molecule has 16 aromatic rings. The number of benzene rings is 13. The van der Waals surface area contributed by atoms with Gasteiger partial charge in [-0.3, -0.25) is 4.98 Å². The molecule has 0 atom stereocenters. The average Bonchev–Trinajstić information content (AvgIpc) is 1.04. The van der Waals surface area contributed by atoms with Gasteiger partial charge in [-0.2, -0.15) is 0 Å². The third kappa shape index (κ3) is 14.1. The molecule has 0 spiro atoms. The summed E-state index contributed by atoms with van der Waals surface area (Å²) in [5.74, 6) is 0. The predicted octanol–water partition coefficient (Wildman–Crippen LogP) is 30.1. The summed E-state index contributed by atoms with van der Waals surface area (Å²) >= 11 is 0. The fourth-order valence-electron chi connectivity index (χ4n) is 18.3. The largest absolute Gasteiger partial charge is 0.310 e. The highest BCUT2D eigenvalue weighted by Gasteiger charge is 2.47. The molecule has 5 nitrogen and oxygen atoms in total. The van der Waals surface area contributed by atoms with Crippen LogP contribution in [-0.2, 0) is 43.3 Å². The summed E-state index contributed by atoms with van der Waals surface area (Å²) in [5, 5.41) is 2.27. The Balaban J connectivity index is 1.12. The van der Waals surface area contributed by atoms with Crippen LogP contribution in [0.1, 0.15) is 222 Å². The van der Waals surface area contributed by atoms with Gasteiger partial charge in [0, 0.05) is 94.5 Å². The Kier molecular flexibility index (Phi) is 16.7. The molecule has 0 fully saturated rings. The fourth-order valence-corrected chi connectivity index (χ4v) is 18.3. The quantitative estimate of drug-likeness (QED) is 0.135. The summed E-state index contributed by atoms with van der Waals surface area (Å²) in [6.45, 7) is 54.1. The number of aromatic nitrogens is 3. The summed E-state index contributed by atoms with van der Waals surface area (Å²) in [6.07, 6.45) is 0. The molecule has 0 radical (unpaired) electrons. The Hall–Kier alpha value is -11.7. The first-order chi connectivity index (χ1) is 60.4. The van der Waals surface area contributed by atoms with Gasteiger partial charge in [0.05, 0.1) is 50.1 Å². The zero-order chi connectivity index (χ0) is 92.4. The lowest BCUT2D eigenvalue weighted by Crippen LogP contribution is -2.61. The van der Waals surface area contributed by atoms with Crippen LogP contribution in [0.4, 0.5) is 34.1 Å². The molecule has 2 aliphatic heterocycles. The minimum Gasteiger partial charge on any atom is -0.310 e. The van der Waals surface area contributed by atoms with Gasteiger partial charge >= 0.3 is 0 Å². The van der Waals surface area contributed by atoms with Crippen molar-refractivity contribution in [3.05, 3.63) is 324 Å². The zero-order valence-corrected chi connectivity index (χ0v) is 75.3. The highest BCUT2D eigenvalue weighted by atomic mass is 15.2. The first-order valence-corrected chi connectivity index (χ1v) is 43.3. The number of rotatable bonds is 9. The molecular weight excluding hydrogens is 1460 g/mol. The smallest absolute Gasteiger partial charge is 0.252 e. The second-order valence-corrected chi connectivity index (χ2v) is 42.5. The number of nitrogens with zero attached hydrogens (tertiary/aromatic N) is 5. The molecule has 121 heavy (non-hydrogen) atoms. The molecule has 2 aliphatic rings. The molecular formula is C115H118BN5. The Morgan fingerprint density at radius 1 is 0.256 bits per heavy atom. The van der Waals surface area contributed by atoms with E-state index in [9.17, 15) is 11.0 Å². The van der Waals surface area contributed by atoms with Crippen molar-refractivity contribution < 1.29 is 11.0 Å². The van der Waals surface area contributed by atoms with Crippen molar-refractivity contribution in [2.24, 2.45) is 0 Å². The third-order valence-electron chi connectivity index (χ3n) is 25.4. The Labute approximate surface area is 731 Å². The maximum absolute atomic E-state index is 10.5. The summed E-state index contributed by atoms with van der Waals surface area (Å²) in [4.78, 5) is 10.7. The Morgan fingerprint density at radius 2 is 0.612 bits per heavy atom. The molecule has 6 heteroatoms. The SMILES string of the molecule is [2H]c1c([2H])c([2H])c2c(c1[2H])c1c([2H])c([2H])c([2H])c([2H])c1n2-c1cc2c3c(c1)N(c1c(-c4ccccc4)cc(C(C)(C)C)cc1-c1ccccc1)c1cc(-n4c5ccc(C(C)(C)C)cc5c5cc(C(C)(C)C)ccc54)ccc1B3c1ccc(-c3cc(C(C)(C)C)cc(C(C)(C)C)c3)cc1N2c1c(-c2ccccc2)cc(C(C)(C)C)cc1-c1cc(C(C)(C)C)nc(C(C)(C)C)c1. The van der Waals surface area contributed by atoms with Gasteiger partial charge in [0.15, 0.2) is 0 Å². The summed E-state index contributed by atoms with van der Waals surface area (Å²) in [6, 6.07) is 82.7. The molecule has 3 aromatic heterocycles. The first kappa shape index (κ1) is 71.1. The molecule has 0 aliphatic carbocycles. The van der Waals surface area contributed by atoms with E-state index in [-0.39, 0.29) is 48.9 Å². The number of hydrogen-bond acceptors (Lipinski definition) is 3. The van der Waals surface area contributed by atoms with Gasteiger partial charge in [0.25, 0.3) is 6.71 Å². The van der Waals surface area contributed by atoms with E-state index in [0.717, 1.165) is 156 Å². The van der Waals surface area contributed by atoms with Gasteiger partial charge in [0.1, 0.15) is 0 Å². The van der Waals surface area contributed by atoms with Crippen molar-refractivity contribution in [3.8, 4) is 67.0 Å². The van der Waals surface area contributed by atoms with Crippen LogP contribution in [-0.4, -0.2) is 20.8 Å². The van der Waals surface area contributed by atoms with Crippen molar-refractivity contribution in [1.82, 2.24) is 14.1 Å². The van der Waals surface area contributed by atoms with Crippen molar-refractivity contribution in [3.63, 3.8) is 0 Å². The molecule has 0 bridgehead atoms. The molecule has 0 unspecified atom stereocenters. The normalized spacial score (nSPS) is 14.5. The van der Waals surface area contributed by atoms with Gasteiger partial charge < -0.3 is 18.9 Å². The highest BCUT2D eigenvalue weighted by Crippen LogP contribution is 2.57. The Bertz CT molecular complexity index is 7070. The minimum atomic E-state index is -0.585. The topological polar surface area (TPSA) is 29.2 Å². The maximum atomic E-state index is 10.5. The standard InChI is InChI=1S/C115H118BN5/c1-108(2,3)77-49-54-97-91(62-77)92-63-78(109(4,5)6)50-55-98(92)118(97)83-51-53-94-100(68-83)121(106-87(71-38-28-25-29-39-71)64-81(112(13,14)15)65-88(106)72-40-30-26-31-41-72)102-70-84(119-95-46-36-34-44-85(95)86-45-35-37-47-96(86)119)69-101-105(102)116(94)93-52-48-74(75-56-79(110(7,8)9)61-80(57-75)111(10,11)12)58-99(93)120(101)107-89(73-42-32-27-33-43-73)66-82(113(16,17)18)67-90(107)76-59-103(114(19,20)21)117-104(60-76)115(22,23)24/h25-70H,1-24H3/i34D,35D,36D,37D,44D,45D,46D,47D. The van der Waals surface area contributed by atoms with Crippen LogP contribution in [0.5, 0.6) is 0 Å². The molecule has 0 amide bonds. The van der Waals surface area contributed by atoms with Crippen LogP contribution < -0.4 is 26.2 Å². The van der Waals surface area contributed by atoms with Crippen molar-refractivity contribution in [1.29, 1.82) is 0 Å². The molecule has 13 aromatic carbocycles. The molecule has 18 rings (SSSR count). The van der Waals surface area contributed by atoms with Crippen molar-refractivity contribution in [2.45, 2.75) is 209 Å². The van der Waals surface area contributed by atoms with E-state index in [0.29, 0.717) is 5.69 Å². The van der Waals surface area contributed by atoms with Crippen molar-refractivity contribution >= 4 is 101 Å². The van der Waals surface area contributed by atoms with Gasteiger partial charge in [0.2, 0.25) is 0 Å². The maximum Gasteiger partial charge on any atom is 0.252 e. The van der Waals surface area contributed by atoms with Crippen LogP contribution in [0, 0.1) is 0 Å². The predicted molar refractivity (Wildman–Crippen MR) is 524 cm³/mol. The number of anilines is 6. The number of para-hydroxylation sites is 2. The lowest BCUT2D eigenvalue weighted by molar-refractivity contribution is 0.531. The minimum absolute atomic E-state index is 0.0108. The van der Waals surface area contributed by atoms with E-state index < -0.39 is 71.3 Å². The molecule has 5 heterocycles. The monoisotopic (exact) mass is 1590 g/mol. The average molecular weight is 1590 g/mol. The lowest BCUT2D eigenvalue weighted by atomic mass is 9.33. The zero-order valence-electron chi connectivity index (χ0n) is 83.3. The van der Waals surface area contributed by atoms with E-state index in [1.165, 1.54) is 22.3 Å². The summed E-state index contributed by atoms with van der Waals surface area (Å²) < 4.78 is 84.0. The van der Waals surface area contributed by atoms with Crippen LogP contribution in [0.2, 0.25) is 0 Å². The first-order valence-electron chi connectivity index (χ1n) is 47.3. The lowest BCUT2D eigenvalue weighted by Gasteiger charge is -2.46. The van der Waals surface area contributed by atoms with Gasteiger partial charge in [-0.05, 0) is 219 Å². The fraction of sp³-hybridized carbons (Fsp3) is 0.278. The van der Waals surface area contributed by atoms with E-state index in [1.54, 1.807) is 4.57 Å². The molecule has 606 valence electrons. The number of fused-ring (bicyclic) bond motifs is 10. The van der Waals surface area contributed by atoms with Gasteiger partial charge in [-0.25, -0.2) is 0 Å². The van der Waals surface area contributed by atoms with Crippen LogP contribution in [0.25, 0.3) is 111 Å². The second-order valence-electron chi connectivity index (χ2n) is 42.5. The van der Waals surface area contributed by atoms with E-state index in [2.05, 4.69) is 411 Å².